The molecule has 4 N–H and O–H groups in total. The molecule has 1 heterocycles. The summed E-state index contributed by atoms with van der Waals surface area (Å²) in [6, 6.07) is 9.11. The van der Waals surface area contributed by atoms with Crippen molar-refractivity contribution in [3.63, 3.8) is 0 Å². The summed E-state index contributed by atoms with van der Waals surface area (Å²) in [6.45, 7) is 1.95. The second-order valence-electron chi connectivity index (χ2n) is 4.53. The molecule has 22 heavy (non-hydrogen) atoms. The molecule has 1 aromatic carbocycles. The highest BCUT2D eigenvalue weighted by Gasteiger charge is 2.24. The number of carbonyl (C=O) groups excluding carboxylic acids is 1. The molecule has 7 heteroatoms. The molecule has 0 aliphatic carbocycles. The zero-order valence-corrected chi connectivity index (χ0v) is 12.1. The lowest BCUT2D eigenvalue weighted by atomic mass is 10.0. The van der Waals surface area contributed by atoms with E-state index in [-0.39, 0.29) is 22.7 Å². The second kappa shape index (κ2) is 6.01. The Kier molecular flexibility index (Phi) is 4.13. The minimum atomic E-state index is -0.851. The highest BCUT2D eigenvalue weighted by atomic mass is 16.5. The van der Waals surface area contributed by atoms with Gasteiger partial charge in [-0.05, 0) is 6.92 Å². The quantitative estimate of drug-likeness (QED) is 0.500. The molecular formula is C15H14N4O3. The van der Waals surface area contributed by atoms with Crippen LogP contribution in [0.25, 0.3) is 17.0 Å². The average molecular weight is 298 g/mol. The molecule has 0 spiro atoms. The van der Waals surface area contributed by atoms with Crippen LogP contribution in [0.2, 0.25) is 0 Å². The Morgan fingerprint density at radius 1 is 1.36 bits per heavy atom. The number of ether oxygens (including phenoxy) is 1. The van der Waals surface area contributed by atoms with Crippen LogP contribution in [0.3, 0.4) is 0 Å². The molecule has 0 saturated heterocycles. The Balaban J connectivity index is 2.64. The largest absolute Gasteiger partial charge is 0.465 e. The van der Waals surface area contributed by atoms with Crippen LogP contribution in [-0.2, 0) is 9.53 Å². The Hall–Kier alpha value is -3.27. The van der Waals surface area contributed by atoms with Crippen LogP contribution in [0.1, 0.15) is 11.1 Å². The number of nitrogen functional groups attached to an aromatic ring is 1. The lowest BCUT2D eigenvalue weighted by Crippen LogP contribution is -2.12. The molecule has 0 atom stereocenters. The molecule has 2 rings (SSSR count). The first kappa shape index (κ1) is 15.1. The Morgan fingerprint density at radius 2 is 2.00 bits per heavy atom. The number of rotatable bonds is 3. The van der Waals surface area contributed by atoms with Crippen molar-refractivity contribution in [1.29, 1.82) is 5.26 Å². The van der Waals surface area contributed by atoms with Gasteiger partial charge in [0.25, 0.3) is 0 Å². The van der Waals surface area contributed by atoms with Crippen molar-refractivity contribution in [2.45, 2.75) is 6.92 Å². The maximum absolute atomic E-state index is 11.6. The van der Waals surface area contributed by atoms with Gasteiger partial charge < -0.3 is 20.7 Å². The van der Waals surface area contributed by atoms with Gasteiger partial charge in [0.1, 0.15) is 11.8 Å². The summed E-state index contributed by atoms with van der Waals surface area (Å²) in [6.07, 6.45) is 0. The van der Waals surface area contributed by atoms with Gasteiger partial charge in [0.05, 0.1) is 18.4 Å². The number of aromatic nitrogens is 1. The standard InChI is InChI=1S/C15H14N4O3/c1-8-3-5-9(6-4-8)13-11(14(18)22-19-13)12(17)10(7-16)15(20)21-2/h3-6H,17-18H2,1-2H3. The minimum Gasteiger partial charge on any atom is -0.465 e. The van der Waals surface area contributed by atoms with Gasteiger partial charge in [0.2, 0.25) is 5.88 Å². The van der Waals surface area contributed by atoms with Crippen LogP contribution in [0.5, 0.6) is 0 Å². The fourth-order valence-corrected chi connectivity index (χ4v) is 1.91. The number of nitrogens with zero attached hydrogens (tertiary/aromatic N) is 2. The number of carbonyl (C=O) groups is 1. The van der Waals surface area contributed by atoms with Crippen molar-refractivity contribution in [2.75, 3.05) is 12.8 Å². The van der Waals surface area contributed by atoms with Gasteiger partial charge in [-0.25, -0.2) is 4.79 Å². The predicted octanol–water partition coefficient (Wildman–Crippen LogP) is 1.60. The fourth-order valence-electron chi connectivity index (χ4n) is 1.91. The van der Waals surface area contributed by atoms with Crippen LogP contribution in [-0.4, -0.2) is 18.2 Å². The topological polar surface area (TPSA) is 128 Å². The van der Waals surface area contributed by atoms with Gasteiger partial charge in [-0.2, -0.15) is 5.26 Å². The summed E-state index contributed by atoms with van der Waals surface area (Å²) in [4.78, 5) is 11.6. The van der Waals surface area contributed by atoms with Crippen molar-refractivity contribution in [1.82, 2.24) is 5.16 Å². The number of esters is 1. The number of aryl methyl sites for hydroxylation is 1. The monoisotopic (exact) mass is 298 g/mol. The molecule has 1 aromatic heterocycles. The molecule has 0 aliphatic rings. The molecule has 0 aliphatic heterocycles. The highest BCUT2D eigenvalue weighted by molar-refractivity contribution is 6.03. The lowest BCUT2D eigenvalue weighted by molar-refractivity contribution is -0.135. The number of hydrogen-bond acceptors (Lipinski definition) is 7. The molecule has 0 radical (unpaired) electrons. The first-order valence-electron chi connectivity index (χ1n) is 6.30. The van der Waals surface area contributed by atoms with Gasteiger partial charge in [0.15, 0.2) is 5.57 Å². The van der Waals surface area contributed by atoms with Crippen molar-refractivity contribution in [2.24, 2.45) is 5.73 Å². The van der Waals surface area contributed by atoms with E-state index in [4.69, 9.17) is 21.3 Å². The predicted molar refractivity (Wildman–Crippen MR) is 79.8 cm³/mol. The summed E-state index contributed by atoms with van der Waals surface area (Å²) in [7, 11) is 1.16. The molecule has 112 valence electrons. The van der Waals surface area contributed by atoms with E-state index in [0.29, 0.717) is 11.3 Å². The number of hydrogen-bond donors (Lipinski definition) is 2. The zero-order chi connectivity index (χ0) is 16.3. The number of benzene rings is 1. The highest BCUT2D eigenvalue weighted by Crippen LogP contribution is 2.32. The zero-order valence-electron chi connectivity index (χ0n) is 12.1. The van der Waals surface area contributed by atoms with Gasteiger partial charge in [-0.1, -0.05) is 35.0 Å². The SMILES string of the molecule is COC(=O)C(C#N)=C(N)c1c(-c2ccc(C)cc2)noc1N. The van der Waals surface area contributed by atoms with E-state index >= 15 is 0 Å². The van der Waals surface area contributed by atoms with E-state index in [9.17, 15) is 4.79 Å². The Bertz CT molecular complexity index is 782. The van der Waals surface area contributed by atoms with E-state index in [1.165, 1.54) is 0 Å². The third-order valence-electron chi connectivity index (χ3n) is 3.08. The van der Waals surface area contributed by atoms with Crippen LogP contribution in [0, 0.1) is 18.3 Å². The molecule has 0 amide bonds. The van der Waals surface area contributed by atoms with Crippen LogP contribution < -0.4 is 11.5 Å². The van der Waals surface area contributed by atoms with Gasteiger partial charge in [-0.3, -0.25) is 0 Å². The Morgan fingerprint density at radius 3 is 2.55 bits per heavy atom. The molecule has 0 unspecified atom stereocenters. The second-order valence-corrected chi connectivity index (χ2v) is 4.53. The summed E-state index contributed by atoms with van der Waals surface area (Å²) in [5.41, 5.74) is 13.5. The van der Waals surface area contributed by atoms with E-state index in [1.54, 1.807) is 6.07 Å². The number of anilines is 1. The average Bonchev–Trinajstić information content (AvgIpc) is 2.90. The van der Waals surface area contributed by atoms with E-state index < -0.39 is 5.97 Å². The first-order valence-corrected chi connectivity index (χ1v) is 6.30. The number of nitrogens with two attached hydrogens (primary N) is 2. The first-order chi connectivity index (χ1) is 10.5. The van der Waals surface area contributed by atoms with Crippen LogP contribution >= 0.6 is 0 Å². The number of methoxy groups -OCH3 is 1. The van der Waals surface area contributed by atoms with E-state index in [2.05, 4.69) is 9.89 Å². The van der Waals surface area contributed by atoms with Crippen molar-refractivity contribution in [3.8, 4) is 17.3 Å². The van der Waals surface area contributed by atoms with Gasteiger partial charge >= 0.3 is 5.97 Å². The summed E-state index contributed by atoms with van der Waals surface area (Å²) < 4.78 is 9.49. The maximum atomic E-state index is 11.6. The van der Waals surface area contributed by atoms with Crippen LogP contribution in [0.15, 0.2) is 34.4 Å². The van der Waals surface area contributed by atoms with E-state index in [1.807, 2.05) is 31.2 Å². The van der Waals surface area contributed by atoms with E-state index in [0.717, 1.165) is 12.7 Å². The molecule has 0 bridgehead atoms. The smallest absolute Gasteiger partial charge is 0.350 e. The summed E-state index contributed by atoms with van der Waals surface area (Å²) in [5, 5.41) is 13.0. The van der Waals surface area contributed by atoms with Gasteiger partial charge in [-0.15, -0.1) is 0 Å². The van der Waals surface area contributed by atoms with Crippen molar-refractivity contribution in [3.05, 3.63) is 41.0 Å². The molecule has 7 nitrogen and oxygen atoms in total. The van der Waals surface area contributed by atoms with Crippen molar-refractivity contribution >= 4 is 17.6 Å². The summed E-state index contributed by atoms with van der Waals surface area (Å²) >= 11 is 0. The minimum absolute atomic E-state index is 0.0790. The maximum Gasteiger partial charge on any atom is 0.350 e. The molecule has 0 saturated carbocycles. The van der Waals surface area contributed by atoms with Crippen molar-refractivity contribution < 1.29 is 14.1 Å². The molecule has 2 aromatic rings. The normalized spacial score (nSPS) is 11.5. The summed E-state index contributed by atoms with van der Waals surface area (Å²) in [5.74, 6) is -0.930. The number of nitriles is 1. The third-order valence-corrected chi connectivity index (χ3v) is 3.08. The molecule has 0 fully saturated rings. The Labute approximate surface area is 126 Å². The van der Waals surface area contributed by atoms with Gasteiger partial charge in [0, 0.05) is 5.56 Å². The molecular weight excluding hydrogens is 284 g/mol. The van der Waals surface area contributed by atoms with Crippen LogP contribution in [0.4, 0.5) is 5.88 Å². The third kappa shape index (κ3) is 2.62. The lowest BCUT2D eigenvalue weighted by Gasteiger charge is -2.05. The fraction of sp³-hybridized carbons (Fsp3) is 0.133.